The second kappa shape index (κ2) is 9.84. The van der Waals surface area contributed by atoms with E-state index in [2.05, 4.69) is 5.32 Å². The molecule has 1 heterocycles. The number of ether oxygens (including phenoxy) is 3. The summed E-state index contributed by atoms with van der Waals surface area (Å²) in [5.41, 5.74) is 2.25. The number of nitrogens with one attached hydrogen (secondary N) is 1. The van der Waals surface area contributed by atoms with Gasteiger partial charge in [0.2, 0.25) is 5.91 Å². The highest BCUT2D eigenvalue weighted by Crippen LogP contribution is 2.32. The van der Waals surface area contributed by atoms with Gasteiger partial charge in [0.1, 0.15) is 0 Å². The van der Waals surface area contributed by atoms with Crippen LogP contribution >= 0.6 is 0 Å². The number of carbonyl (C=O) groups excluding carboxylic acids is 2. The van der Waals surface area contributed by atoms with Crippen LogP contribution in [0.25, 0.3) is 17.0 Å². The van der Waals surface area contributed by atoms with Crippen molar-refractivity contribution in [3.63, 3.8) is 0 Å². The Labute approximate surface area is 180 Å². The molecule has 0 saturated carbocycles. The Hall–Kier alpha value is -3.74. The van der Waals surface area contributed by atoms with Crippen molar-refractivity contribution in [2.24, 2.45) is 0 Å². The number of benzene rings is 2. The Morgan fingerprint density at radius 2 is 1.68 bits per heavy atom. The number of amides is 1. The molecule has 1 N–H and O–H groups in total. The molecule has 0 atom stereocenters. The second-order valence-electron chi connectivity index (χ2n) is 6.83. The van der Waals surface area contributed by atoms with Crippen molar-refractivity contribution < 1.29 is 28.2 Å². The summed E-state index contributed by atoms with van der Waals surface area (Å²) in [6, 6.07) is 10.9. The molecule has 2 aromatic carbocycles. The summed E-state index contributed by atoms with van der Waals surface area (Å²) in [5, 5.41) is 3.57. The molecule has 162 valence electrons. The molecule has 0 aliphatic carbocycles. The molecule has 31 heavy (non-hydrogen) atoms. The van der Waals surface area contributed by atoms with E-state index >= 15 is 0 Å². The SMILES string of the molecule is COc1ccc(CCNC(=O)/C=C/c2ccc(OC)c3oc(C(C)=O)cc23)cc1OC. The highest BCUT2D eigenvalue weighted by Gasteiger charge is 2.14. The van der Waals surface area contributed by atoms with Crippen molar-refractivity contribution in [2.45, 2.75) is 13.3 Å². The fourth-order valence-electron chi connectivity index (χ4n) is 3.19. The van der Waals surface area contributed by atoms with Crippen molar-refractivity contribution in [2.75, 3.05) is 27.9 Å². The van der Waals surface area contributed by atoms with Gasteiger partial charge in [-0.15, -0.1) is 0 Å². The van der Waals surface area contributed by atoms with E-state index in [-0.39, 0.29) is 17.5 Å². The van der Waals surface area contributed by atoms with Gasteiger partial charge in [-0.25, -0.2) is 0 Å². The minimum Gasteiger partial charge on any atom is -0.493 e. The maximum Gasteiger partial charge on any atom is 0.244 e. The molecule has 0 bridgehead atoms. The molecule has 7 heteroatoms. The third-order valence-electron chi connectivity index (χ3n) is 4.82. The Bertz CT molecular complexity index is 1130. The third-order valence-corrected chi connectivity index (χ3v) is 4.82. The molecule has 0 aliphatic heterocycles. The Morgan fingerprint density at radius 1 is 0.968 bits per heavy atom. The smallest absolute Gasteiger partial charge is 0.244 e. The van der Waals surface area contributed by atoms with E-state index in [9.17, 15) is 9.59 Å². The van der Waals surface area contributed by atoms with Crippen LogP contribution in [0.3, 0.4) is 0 Å². The van der Waals surface area contributed by atoms with E-state index in [0.29, 0.717) is 41.2 Å². The fourth-order valence-corrected chi connectivity index (χ4v) is 3.19. The number of hydrogen-bond acceptors (Lipinski definition) is 6. The van der Waals surface area contributed by atoms with Gasteiger partial charge in [-0.2, -0.15) is 0 Å². The first-order chi connectivity index (χ1) is 15.0. The lowest BCUT2D eigenvalue weighted by Crippen LogP contribution is -2.23. The van der Waals surface area contributed by atoms with Gasteiger partial charge >= 0.3 is 0 Å². The summed E-state index contributed by atoms with van der Waals surface area (Å²) in [5.74, 6) is 1.68. The molecule has 0 aliphatic rings. The number of rotatable bonds is 9. The first-order valence-electron chi connectivity index (χ1n) is 9.75. The molecule has 0 radical (unpaired) electrons. The van der Waals surface area contributed by atoms with Crippen LogP contribution in [0.5, 0.6) is 17.2 Å². The lowest BCUT2D eigenvalue weighted by molar-refractivity contribution is -0.116. The van der Waals surface area contributed by atoms with Crippen LogP contribution in [0.15, 0.2) is 46.9 Å². The Kier molecular flexibility index (Phi) is 6.97. The minimum atomic E-state index is -0.222. The number of ketones is 1. The molecule has 1 aromatic heterocycles. The van der Waals surface area contributed by atoms with Crippen molar-refractivity contribution >= 4 is 28.7 Å². The van der Waals surface area contributed by atoms with Gasteiger partial charge in [-0.1, -0.05) is 12.1 Å². The van der Waals surface area contributed by atoms with Gasteiger partial charge < -0.3 is 23.9 Å². The number of hydrogen-bond donors (Lipinski definition) is 1. The molecule has 0 unspecified atom stereocenters. The largest absolute Gasteiger partial charge is 0.493 e. The molecule has 3 aromatic rings. The van der Waals surface area contributed by atoms with Crippen LogP contribution in [-0.4, -0.2) is 39.6 Å². The molecule has 7 nitrogen and oxygen atoms in total. The zero-order chi connectivity index (χ0) is 22.4. The maximum absolute atomic E-state index is 12.3. The predicted molar refractivity (Wildman–Crippen MR) is 118 cm³/mol. The standard InChI is InChI=1S/C24H25NO6/c1-15(26)21-14-18-17(6-9-20(29-3)24(18)31-21)7-10-23(27)25-12-11-16-5-8-19(28-2)22(13-16)30-4/h5-10,13-14H,11-12H2,1-4H3,(H,25,27)/b10-7+. The fraction of sp³-hybridized carbons (Fsp3) is 0.250. The quantitative estimate of drug-likeness (QED) is 0.413. The topological polar surface area (TPSA) is 87.0 Å². The molecule has 1 amide bonds. The zero-order valence-electron chi connectivity index (χ0n) is 18.0. The summed E-state index contributed by atoms with van der Waals surface area (Å²) in [6.07, 6.45) is 3.79. The van der Waals surface area contributed by atoms with E-state index in [1.165, 1.54) is 20.1 Å². The number of fused-ring (bicyclic) bond motifs is 1. The first-order valence-corrected chi connectivity index (χ1v) is 9.75. The number of furan rings is 1. The monoisotopic (exact) mass is 423 g/mol. The lowest BCUT2D eigenvalue weighted by Gasteiger charge is -2.09. The number of methoxy groups -OCH3 is 3. The summed E-state index contributed by atoms with van der Waals surface area (Å²) in [6.45, 7) is 1.91. The van der Waals surface area contributed by atoms with Gasteiger partial charge in [0.15, 0.2) is 34.4 Å². The molecule has 0 saturated heterocycles. The van der Waals surface area contributed by atoms with Crippen molar-refractivity contribution in [3.8, 4) is 17.2 Å². The van der Waals surface area contributed by atoms with Crippen LogP contribution < -0.4 is 19.5 Å². The summed E-state index contributed by atoms with van der Waals surface area (Å²) in [4.78, 5) is 23.9. The first kappa shape index (κ1) is 22.0. The van der Waals surface area contributed by atoms with Gasteiger partial charge in [-0.3, -0.25) is 9.59 Å². The normalized spacial score (nSPS) is 11.0. The van der Waals surface area contributed by atoms with Gasteiger partial charge in [0, 0.05) is 24.9 Å². The van der Waals surface area contributed by atoms with Gasteiger partial charge in [-0.05, 0) is 47.9 Å². The van der Waals surface area contributed by atoms with E-state index in [1.54, 1.807) is 32.4 Å². The third kappa shape index (κ3) is 5.06. The average Bonchev–Trinajstić information content (AvgIpc) is 3.23. The van der Waals surface area contributed by atoms with E-state index in [1.807, 2.05) is 24.3 Å². The number of Topliss-reactive ketones (excluding diaryl/α,β-unsaturated/α-hetero) is 1. The Balaban J connectivity index is 1.66. The van der Waals surface area contributed by atoms with Crippen LogP contribution in [-0.2, 0) is 11.2 Å². The molecular weight excluding hydrogens is 398 g/mol. The summed E-state index contributed by atoms with van der Waals surface area (Å²) in [7, 11) is 4.71. The van der Waals surface area contributed by atoms with Gasteiger partial charge in [0.25, 0.3) is 0 Å². The second-order valence-corrected chi connectivity index (χ2v) is 6.83. The molecule has 0 spiro atoms. The predicted octanol–water partition coefficient (Wildman–Crippen LogP) is 4.03. The van der Waals surface area contributed by atoms with E-state index in [4.69, 9.17) is 18.6 Å². The minimum absolute atomic E-state index is 0.180. The van der Waals surface area contributed by atoms with Crippen LogP contribution in [0.2, 0.25) is 0 Å². The van der Waals surface area contributed by atoms with Crippen LogP contribution in [0, 0.1) is 0 Å². The number of carbonyl (C=O) groups is 2. The van der Waals surface area contributed by atoms with E-state index in [0.717, 1.165) is 11.1 Å². The Morgan fingerprint density at radius 3 is 2.35 bits per heavy atom. The van der Waals surface area contributed by atoms with Crippen LogP contribution in [0.4, 0.5) is 0 Å². The zero-order valence-corrected chi connectivity index (χ0v) is 18.0. The van der Waals surface area contributed by atoms with Crippen LogP contribution in [0.1, 0.15) is 28.6 Å². The molecule has 0 fully saturated rings. The molecular formula is C24H25NO6. The average molecular weight is 423 g/mol. The molecule has 3 rings (SSSR count). The summed E-state index contributed by atoms with van der Waals surface area (Å²) >= 11 is 0. The van der Waals surface area contributed by atoms with E-state index < -0.39 is 0 Å². The highest BCUT2D eigenvalue weighted by molar-refractivity contribution is 6.01. The maximum atomic E-state index is 12.3. The highest BCUT2D eigenvalue weighted by atomic mass is 16.5. The van der Waals surface area contributed by atoms with Crippen molar-refractivity contribution in [1.82, 2.24) is 5.32 Å². The lowest BCUT2D eigenvalue weighted by atomic mass is 10.1. The van der Waals surface area contributed by atoms with Gasteiger partial charge in [0.05, 0.1) is 21.3 Å². The summed E-state index contributed by atoms with van der Waals surface area (Å²) < 4.78 is 21.5. The van der Waals surface area contributed by atoms with Crippen molar-refractivity contribution in [1.29, 1.82) is 0 Å². The van der Waals surface area contributed by atoms with Crippen molar-refractivity contribution in [3.05, 3.63) is 59.4 Å².